The molecule has 0 unspecified atom stereocenters. The van der Waals surface area contributed by atoms with Crippen LogP contribution in [0.4, 0.5) is 5.69 Å². The summed E-state index contributed by atoms with van der Waals surface area (Å²) in [7, 11) is 0. The van der Waals surface area contributed by atoms with Crippen LogP contribution in [0.1, 0.15) is 11.3 Å². The summed E-state index contributed by atoms with van der Waals surface area (Å²) in [6, 6.07) is 20.0. The largest absolute Gasteiger partial charge is 0.459 e. The van der Waals surface area contributed by atoms with Gasteiger partial charge in [0, 0.05) is 16.3 Å². The molecular formula is C20H16ClN3O2. The number of nitrogens with zero attached hydrogens (tertiary/aromatic N) is 1. The summed E-state index contributed by atoms with van der Waals surface area (Å²) < 4.78 is 5.74. The summed E-state index contributed by atoms with van der Waals surface area (Å²) in [6.45, 7) is 0.443. The van der Waals surface area contributed by atoms with Crippen LogP contribution in [-0.4, -0.2) is 12.5 Å². The lowest BCUT2D eigenvalue weighted by Crippen LogP contribution is -2.29. The molecule has 0 aliphatic rings. The summed E-state index contributed by atoms with van der Waals surface area (Å²) in [5.74, 6) is 1.24. The number of halogens is 1. The highest BCUT2D eigenvalue weighted by molar-refractivity contribution is 6.30. The van der Waals surface area contributed by atoms with Crippen LogP contribution in [0, 0.1) is 11.3 Å². The maximum Gasteiger partial charge on any atom is 0.239 e. The molecule has 2 aromatic carbocycles. The van der Waals surface area contributed by atoms with Crippen LogP contribution in [0.5, 0.6) is 0 Å². The molecule has 1 heterocycles. The molecular weight excluding hydrogens is 350 g/mol. The topological polar surface area (TPSA) is 78.1 Å². The zero-order valence-electron chi connectivity index (χ0n) is 13.8. The van der Waals surface area contributed by atoms with Crippen molar-refractivity contribution in [2.45, 2.75) is 6.54 Å². The SMILES string of the molecule is N#Cc1ccc(NCC(=O)NCc2ccc(-c3ccc(Cl)cc3)o2)cc1. The van der Waals surface area contributed by atoms with Crippen molar-refractivity contribution in [2.75, 3.05) is 11.9 Å². The predicted molar refractivity (Wildman–Crippen MR) is 101 cm³/mol. The molecule has 26 heavy (non-hydrogen) atoms. The molecule has 0 spiro atoms. The number of carbonyl (C=O) groups excluding carboxylic acids is 1. The van der Waals surface area contributed by atoms with E-state index in [1.165, 1.54) is 0 Å². The molecule has 0 saturated heterocycles. The van der Waals surface area contributed by atoms with Gasteiger partial charge in [0.1, 0.15) is 11.5 Å². The van der Waals surface area contributed by atoms with Crippen molar-refractivity contribution in [1.82, 2.24) is 5.32 Å². The number of hydrogen-bond acceptors (Lipinski definition) is 4. The molecule has 0 fully saturated rings. The van der Waals surface area contributed by atoms with E-state index in [4.69, 9.17) is 21.3 Å². The van der Waals surface area contributed by atoms with Crippen molar-refractivity contribution in [2.24, 2.45) is 0 Å². The van der Waals surface area contributed by atoms with Crippen molar-refractivity contribution in [3.05, 3.63) is 77.0 Å². The molecule has 5 nitrogen and oxygen atoms in total. The van der Waals surface area contributed by atoms with Crippen LogP contribution in [0.15, 0.2) is 65.1 Å². The van der Waals surface area contributed by atoms with Gasteiger partial charge in [0.25, 0.3) is 0 Å². The Kier molecular flexibility index (Phi) is 5.57. The number of furan rings is 1. The van der Waals surface area contributed by atoms with Gasteiger partial charge in [-0.2, -0.15) is 5.26 Å². The molecule has 0 saturated carbocycles. The third-order valence-corrected chi connectivity index (χ3v) is 3.97. The van der Waals surface area contributed by atoms with Crippen LogP contribution < -0.4 is 10.6 Å². The summed E-state index contributed by atoms with van der Waals surface area (Å²) in [4.78, 5) is 11.9. The van der Waals surface area contributed by atoms with Gasteiger partial charge in [0.05, 0.1) is 24.7 Å². The van der Waals surface area contributed by atoms with E-state index in [-0.39, 0.29) is 12.5 Å². The number of hydrogen-bond donors (Lipinski definition) is 2. The maximum absolute atomic E-state index is 11.9. The summed E-state index contributed by atoms with van der Waals surface area (Å²) in [5, 5.41) is 15.2. The Morgan fingerprint density at radius 2 is 1.77 bits per heavy atom. The lowest BCUT2D eigenvalue weighted by molar-refractivity contribution is -0.119. The van der Waals surface area contributed by atoms with E-state index in [9.17, 15) is 4.79 Å². The fourth-order valence-corrected chi connectivity index (χ4v) is 2.46. The van der Waals surface area contributed by atoms with Gasteiger partial charge in [-0.1, -0.05) is 11.6 Å². The molecule has 6 heteroatoms. The lowest BCUT2D eigenvalue weighted by atomic mass is 10.2. The smallest absolute Gasteiger partial charge is 0.239 e. The third kappa shape index (κ3) is 4.65. The van der Waals surface area contributed by atoms with Gasteiger partial charge in [-0.25, -0.2) is 0 Å². The molecule has 0 atom stereocenters. The summed E-state index contributed by atoms with van der Waals surface area (Å²) >= 11 is 5.88. The standard InChI is InChI=1S/C20H16ClN3O2/c21-16-5-3-15(4-6-16)19-10-9-18(26-19)12-24-20(25)13-23-17-7-1-14(11-22)2-8-17/h1-10,23H,12-13H2,(H,24,25). The summed E-state index contributed by atoms with van der Waals surface area (Å²) in [6.07, 6.45) is 0. The molecule has 0 radical (unpaired) electrons. The number of nitrogens with one attached hydrogen (secondary N) is 2. The molecule has 0 aliphatic heterocycles. The van der Waals surface area contributed by atoms with E-state index in [0.29, 0.717) is 22.9 Å². The van der Waals surface area contributed by atoms with Gasteiger partial charge in [-0.05, 0) is 60.7 Å². The Morgan fingerprint density at radius 3 is 2.46 bits per heavy atom. The minimum absolute atomic E-state index is 0.136. The molecule has 1 amide bonds. The van der Waals surface area contributed by atoms with Crippen molar-refractivity contribution < 1.29 is 9.21 Å². The normalized spacial score (nSPS) is 10.2. The average Bonchev–Trinajstić information content (AvgIpc) is 3.14. The second-order valence-corrected chi connectivity index (χ2v) is 6.03. The third-order valence-electron chi connectivity index (χ3n) is 3.72. The van der Waals surface area contributed by atoms with Gasteiger partial charge in [-0.3, -0.25) is 4.79 Å². The molecule has 3 aromatic rings. The quantitative estimate of drug-likeness (QED) is 0.686. The highest BCUT2D eigenvalue weighted by Gasteiger charge is 2.07. The average molecular weight is 366 g/mol. The first-order chi connectivity index (χ1) is 12.6. The number of carbonyl (C=O) groups is 1. The van der Waals surface area contributed by atoms with E-state index in [0.717, 1.165) is 17.0 Å². The van der Waals surface area contributed by atoms with Crippen LogP contribution in [-0.2, 0) is 11.3 Å². The number of rotatable bonds is 6. The molecule has 0 aliphatic carbocycles. The molecule has 0 bridgehead atoms. The van der Waals surface area contributed by atoms with Gasteiger partial charge in [0.2, 0.25) is 5.91 Å². The van der Waals surface area contributed by atoms with E-state index in [1.807, 2.05) is 30.3 Å². The van der Waals surface area contributed by atoms with Gasteiger partial charge >= 0.3 is 0 Å². The highest BCUT2D eigenvalue weighted by atomic mass is 35.5. The molecule has 3 rings (SSSR count). The van der Waals surface area contributed by atoms with Gasteiger partial charge in [-0.15, -0.1) is 0 Å². The van der Waals surface area contributed by atoms with E-state index in [2.05, 4.69) is 10.6 Å². The first-order valence-electron chi connectivity index (χ1n) is 7.99. The Hall–Kier alpha value is -3.23. The van der Waals surface area contributed by atoms with Crippen molar-refractivity contribution in [1.29, 1.82) is 5.26 Å². The number of benzene rings is 2. The van der Waals surface area contributed by atoms with E-state index in [1.54, 1.807) is 36.4 Å². The van der Waals surface area contributed by atoms with Crippen LogP contribution in [0.3, 0.4) is 0 Å². The van der Waals surface area contributed by atoms with Crippen LogP contribution >= 0.6 is 11.6 Å². The van der Waals surface area contributed by atoms with Crippen LogP contribution in [0.25, 0.3) is 11.3 Å². The number of amides is 1. The van der Waals surface area contributed by atoms with Crippen molar-refractivity contribution in [3.8, 4) is 17.4 Å². The Labute approximate surface area is 156 Å². The van der Waals surface area contributed by atoms with E-state index >= 15 is 0 Å². The Balaban J connectivity index is 1.48. The van der Waals surface area contributed by atoms with Crippen molar-refractivity contribution in [3.63, 3.8) is 0 Å². The van der Waals surface area contributed by atoms with Gasteiger partial charge < -0.3 is 15.1 Å². The monoisotopic (exact) mass is 365 g/mol. The fraction of sp³-hybridized carbons (Fsp3) is 0.100. The predicted octanol–water partition coefficient (Wildman–Crippen LogP) is 4.20. The first kappa shape index (κ1) is 17.6. The number of nitriles is 1. The minimum atomic E-state index is -0.154. The minimum Gasteiger partial charge on any atom is -0.459 e. The molecule has 1 aromatic heterocycles. The zero-order chi connectivity index (χ0) is 18.4. The second-order valence-electron chi connectivity index (χ2n) is 5.59. The van der Waals surface area contributed by atoms with Crippen molar-refractivity contribution >= 4 is 23.2 Å². The highest BCUT2D eigenvalue weighted by Crippen LogP contribution is 2.23. The van der Waals surface area contributed by atoms with Crippen LogP contribution in [0.2, 0.25) is 5.02 Å². The first-order valence-corrected chi connectivity index (χ1v) is 8.37. The lowest BCUT2D eigenvalue weighted by Gasteiger charge is -2.07. The van der Waals surface area contributed by atoms with Gasteiger partial charge in [0.15, 0.2) is 0 Å². The molecule has 2 N–H and O–H groups in total. The second kappa shape index (κ2) is 8.24. The van der Waals surface area contributed by atoms with E-state index < -0.39 is 0 Å². The Bertz CT molecular complexity index is 925. The summed E-state index contributed by atoms with van der Waals surface area (Å²) in [5.41, 5.74) is 2.28. The Morgan fingerprint density at radius 1 is 1.04 bits per heavy atom. The molecule has 130 valence electrons. The number of anilines is 1. The fourth-order valence-electron chi connectivity index (χ4n) is 2.34. The maximum atomic E-state index is 11.9. The zero-order valence-corrected chi connectivity index (χ0v) is 14.6.